The van der Waals surface area contributed by atoms with Crippen LogP contribution < -0.4 is 9.47 Å². The number of hydrogen-bond acceptors (Lipinski definition) is 6. The number of carbonyl (C=O) groups is 2. The highest BCUT2D eigenvalue weighted by Gasteiger charge is 2.14. The van der Waals surface area contributed by atoms with Gasteiger partial charge in [-0.1, -0.05) is 58.8 Å². The number of ether oxygens (including phenoxy) is 4. The Bertz CT molecular complexity index is 875. The van der Waals surface area contributed by atoms with Gasteiger partial charge in [0.25, 0.3) is 0 Å². The van der Waals surface area contributed by atoms with Gasteiger partial charge >= 0.3 is 11.9 Å². The van der Waals surface area contributed by atoms with Crippen molar-refractivity contribution in [2.75, 3.05) is 19.8 Å². The average molecular weight is 499 g/mol. The first-order valence-corrected chi connectivity index (χ1v) is 13.4. The van der Waals surface area contributed by atoms with Gasteiger partial charge in [0, 0.05) is 6.61 Å². The zero-order chi connectivity index (χ0) is 26.0. The Labute approximate surface area is 216 Å². The van der Waals surface area contributed by atoms with Crippen LogP contribution in [0.25, 0.3) is 0 Å². The minimum absolute atomic E-state index is 0.339. The minimum atomic E-state index is -0.471. The summed E-state index contributed by atoms with van der Waals surface area (Å²) < 4.78 is 22.0. The Morgan fingerprint density at radius 1 is 0.667 bits per heavy atom. The largest absolute Gasteiger partial charge is 0.494 e. The van der Waals surface area contributed by atoms with Crippen LogP contribution in [0.5, 0.6) is 11.5 Å². The van der Waals surface area contributed by atoms with Crippen molar-refractivity contribution in [3.8, 4) is 11.5 Å². The Hall–Kier alpha value is -2.86. The molecule has 0 aliphatic rings. The van der Waals surface area contributed by atoms with Gasteiger partial charge in [0.1, 0.15) is 17.6 Å². The van der Waals surface area contributed by atoms with E-state index in [1.54, 1.807) is 55.5 Å². The Morgan fingerprint density at radius 3 is 1.83 bits per heavy atom. The van der Waals surface area contributed by atoms with E-state index >= 15 is 0 Å². The molecular formula is C30H42O6. The van der Waals surface area contributed by atoms with Crippen molar-refractivity contribution in [2.45, 2.75) is 84.7 Å². The molecule has 36 heavy (non-hydrogen) atoms. The molecule has 2 aromatic carbocycles. The molecule has 0 spiro atoms. The molecule has 6 nitrogen and oxygen atoms in total. The number of benzene rings is 2. The van der Waals surface area contributed by atoms with Gasteiger partial charge in [0.05, 0.1) is 24.3 Å². The number of unbranched alkanes of at least 4 members (excludes halogenated alkanes) is 7. The maximum Gasteiger partial charge on any atom is 0.343 e. The second-order valence-corrected chi connectivity index (χ2v) is 9.05. The summed E-state index contributed by atoms with van der Waals surface area (Å²) in [4.78, 5) is 24.7. The van der Waals surface area contributed by atoms with Crippen LogP contribution in [-0.2, 0) is 9.47 Å². The summed E-state index contributed by atoms with van der Waals surface area (Å²) >= 11 is 0. The van der Waals surface area contributed by atoms with E-state index in [9.17, 15) is 9.59 Å². The van der Waals surface area contributed by atoms with Crippen LogP contribution in [0.4, 0.5) is 0 Å². The van der Waals surface area contributed by atoms with Crippen LogP contribution >= 0.6 is 0 Å². The van der Waals surface area contributed by atoms with Crippen molar-refractivity contribution in [2.24, 2.45) is 0 Å². The Balaban J connectivity index is 1.70. The van der Waals surface area contributed by atoms with Crippen molar-refractivity contribution in [1.82, 2.24) is 0 Å². The Kier molecular flexibility index (Phi) is 14.3. The zero-order valence-corrected chi connectivity index (χ0v) is 22.1. The summed E-state index contributed by atoms with van der Waals surface area (Å²) in [7, 11) is 0. The molecule has 0 unspecified atom stereocenters. The first-order valence-electron chi connectivity index (χ1n) is 13.4. The SMILES string of the molecule is CCCCCCCCCCOc1ccc(C(=O)Oc2ccc(C(=O)O[C@@H](C)COCCC)cc2)cc1. The van der Waals surface area contributed by atoms with Crippen molar-refractivity contribution >= 4 is 11.9 Å². The van der Waals surface area contributed by atoms with Crippen molar-refractivity contribution in [3.05, 3.63) is 59.7 Å². The molecule has 0 aromatic heterocycles. The van der Waals surface area contributed by atoms with E-state index in [4.69, 9.17) is 18.9 Å². The third-order valence-electron chi connectivity index (χ3n) is 5.67. The molecule has 0 saturated heterocycles. The molecule has 0 N–H and O–H groups in total. The van der Waals surface area contributed by atoms with E-state index in [1.807, 2.05) is 6.92 Å². The lowest BCUT2D eigenvalue weighted by Crippen LogP contribution is -2.20. The van der Waals surface area contributed by atoms with Gasteiger partial charge in [0.2, 0.25) is 0 Å². The highest BCUT2D eigenvalue weighted by Crippen LogP contribution is 2.18. The normalized spacial score (nSPS) is 11.6. The van der Waals surface area contributed by atoms with Gasteiger partial charge in [0.15, 0.2) is 0 Å². The van der Waals surface area contributed by atoms with Gasteiger partial charge < -0.3 is 18.9 Å². The lowest BCUT2D eigenvalue weighted by molar-refractivity contribution is 0.00226. The first-order chi connectivity index (χ1) is 17.5. The average Bonchev–Trinajstić information content (AvgIpc) is 2.88. The van der Waals surface area contributed by atoms with Crippen LogP contribution in [0, 0.1) is 0 Å². The molecule has 1 atom stereocenters. The van der Waals surface area contributed by atoms with Crippen LogP contribution in [0.1, 0.15) is 99.3 Å². The predicted octanol–water partition coefficient (Wildman–Crippen LogP) is 7.40. The lowest BCUT2D eigenvalue weighted by atomic mass is 10.1. The molecule has 0 aliphatic heterocycles. The molecule has 0 fully saturated rings. The number of hydrogen-bond donors (Lipinski definition) is 0. The summed E-state index contributed by atoms with van der Waals surface area (Å²) in [6.07, 6.45) is 10.6. The summed E-state index contributed by atoms with van der Waals surface area (Å²) in [5.74, 6) is 0.183. The second-order valence-electron chi connectivity index (χ2n) is 9.05. The fourth-order valence-electron chi connectivity index (χ4n) is 3.62. The second kappa shape index (κ2) is 17.6. The fourth-order valence-corrected chi connectivity index (χ4v) is 3.62. The van der Waals surface area contributed by atoms with Crippen LogP contribution in [0.15, 0.2) is 48.5 Å². The minimum Gasteiger partial charge on any atom is -0.494 e. The summed E-state index contributed by atoms with van der Waals surface area (Å²) in [6, 6.07) is 13.3. The monoisotopic (exact) mass is 498 g/mol. The van der Waals surface area contributed by atoms with E-state index in [1.165, 1.54) is 44.9 Å². The van der Waals surface area contributed by atoms with Gasteiger partial charge in [-0.25, -0.2) is 9.59 Å². The van der Waals surface area contributed by atoms with Crippen LogP contribution in [0.2, 0.25) is 0 Å². The topological polar surface area (TPSA) is 71.1 Å². The zero-order valence-electron chi connectivity index (χ0n) is 22.1. The predicted molar refractivity (Wildman–Crippen MR) is 142 cm³/mol. The van der Waals surface area contributed by atoms with Crippen molar-refractivity contribution in [3.63, 3.8) is 0 Å². The van der Waals surface area contributed by atoms with E-state index < -0.39 is 11.9 Å². The molecule has 0 heterocycles. The van der Waals surface area contributed by atoms with Gasteiger partial charge in [-0.15, -0.1) is 0 Å². The highest BCUT2D eigenvalue weighted by molar-refractivity contribution is 5.92. The van der Waals surface area contributed by atoms with Crippen LogP contribution in [0.3, 0.4) is 0 Å². The van der Waals surface area contributed by atoms with E-state index in [2.05, 4.69) is 6.92 Å². The first kappa shape index (κ1) is 29.4. The quantitative estimate of drug-likeness (QED) is 0.121. The van der Waals surface area contributed by atoms with Crippen LogP contribution in [-0.4, -0.2) is 37.9 Å². The molecule has 198 valence electrons. The third kappa shape index (κ3) is 11.7. The molecule has 2 aromatic rings. The standard InChI is InChI=1S/C30H42O6/c1-4-6-7-8-9-10-11-12-22-34-27-17-13-26(14-18-27)30(32)36-28-19-15-25(16-20-28)29(31)35-24(3)23-33-21-5-2/h13-20,24H,4-12,21-23H2,1-3H3/t24-/m0/s1. The van der Waals surface area contributed by atoms with Crippen molar-refractivity contribution < 1.29 is 28.5 Å². The molecule has 0 radical (unpaired) electrons. The Morgan fingerprint density at radius 2 is 1.22 bits per heavy atom. The third-order valence-corrected chi connectivity index (χ3v) is 5.67. The van der Waals surface area contributed by atoms with Gasteiger partial charge in [-0.05, 0) is 68.3 Å². The van der Waals surface area contributed by atoms with Gasteiger partial charge in [-0.2, -0.15) is 0 Å². The molecule has 0 aliphatic carbocycles. The highest BCUT2D eigenvalue weighted by atomic mass is 16.6. The van der Waals surface area contributed by atoms with E-state index in [-0.39, 0.29) is 6.10 Å². The molecule has 0 amide bonds. The smallest absolute Gasteiger partial charge is 0.343 e. The summed E-state index contributed by atoms with van der Waals surface area (Å²) in [5.41, 5.74) is 0.814. The molecular weight excluding hydrogens is 456 g/mol. The number of rotatable bonds is 18. The maximum atomic E-state index is 12.5. The van der Waals surface area contributed by atoms with E-state index in [0.717, 1.165) is 18.6 Å². The summed E-state index contributed by atoms with van der Waals surface area (Å²) in [6.45, 7) is 7.72. The number of esters is 2. The number of carbonyl (C=O) groups excluding carboxylic acids is 2. The fraction of sp³-hybridized carbons (Fsp3) is 0.533. The van der Waals surface area contributed by atoms with Gasteiger partial charge in [-0.3, -0.25) is 0 Å². The van der Waals surface area contributed by atoms with E-state index in [0.29, 0.717) is 36.7 Å². The summed E-state index contributed by atoms with van der Waals surface area (Å²) in [5, 5.41) is 0. The van der Waals surface area contributed by atoms with Crippen molar-refractivity contribution in [1.29, 1.82) is 0 Å². The lowest BCUT2D eigenvalue weighted by Gasteiger charge is -2.13. The maximum absolute atomic E-state index is 12.5. The molecule has 0 bridgehead atoms. The molecule has 2 rings (SSSR count). The molecule has 0 saturated carbocycles. The molecule has 6 heteroatoms.